The Hall–Kier alpha value is -1.39. The number of allylic oxidation sites excluding steroid dienone is 8. The lowest BCUT2D eigenvalue weighted by Crippen LogP contribution is -2.22. The summed E-state index contributed by atoms with van der Waals surface area (Å²) >= 11 is 6.82. The molecule has 3 rings (SSSR count). The molecular formula is C19H17Br2NO. The van der Waals surface area contributed by atoms with Crippen LogP contribution in [0.15, 0.2) is 68.8 Å². The number of benzene rings is 1. The number of fused-ring (bicyclic) bond motifs is 1. The van der Waals surface area contributed by atoms with E-state index in [1.54, 1.807) is 6.08 Å². The number of rotatable bonds is 1. The predicted octanol–water partition coefficient (Wildman–Crippen LogP) is 5.36. The standard InChI is InChI=1S/C19H17Br2NO/c1-19(2)14-6-4-5-7-16(14)22(3)18(19)9-8-13-15(21)10-12(20)11-17(13)23/h4-11H,1-3H3/b13-8+,18-9-. The Morgan fingerprint density at radius 2 is 1.78 bits per heavy atom. The van der Waals surface area contributed by atoms with Gasteiger partial charge in [0.05, 0.1) is 0 Å². The second-order valence-corrected chi connectivity index (χ2v) is 7.99. The van der Waals surface area contributed by atoms with Crippen molar-refractivity contribution in [3.8, 4) is 0 Å². The number of carbonyl (C=O) groups is 1. The largest absolute Gasteiger partial charge is 0.347 e. The van der Waals surface area contributed by atoms with E-state index in [-0.39, 0.29) is 11.2 Å². The Morgan fingerprint density at radius 1 is 1.09 bits per heavy atom. The van der Waals surface area contributed by atoms with E-state index in [1.165, 1.54) is 16.9 Å². The summed E-state index contributed by atoms with van der Waals surface area (Å²) in [5, 5.41) is 0. The minimum absolute atomic E-state index is 0.000861. The smallest absolute Gasteiger partial charge is 0.188 e. The Balaban J connectivity index is 2.04. The maximum Gasteiger partial charge on any atom is 0.188 e. The lowest BCUT2D eigenvalue weighted by molar-refractivity contribution is -0.111. The summed E-state index contributed by atoms with van der Waals surface area (Å²) < 4.78 is 1.58. The minimum Gasteiger partial charge on any atom is -0.347 e. The third-order valence-corrected chi connectivity index (χ3v) is 5.52. The van der Waals surface area contributed by atoms with Crippen molar-refractivity contribution >= 4 is 43.3 Å². The van der Waals surface area contributed by atoms with E-state index >= 15 is 0 Å². The highest BCUT2D eigenvalue weighted by atomic mass is 79.9. The maximum atomic E-state index is 12.2. The van der Waals surface area contributed by atoms with Crippen LogP contribution in [0.4, 0.5) is 5.69 Å². The number of likely N-dealkylation sites (N-methyl/N-ethyl adjacent to an activating group) is 1. The highest BCUT2D eigenvalue weighted by molar-refractivity contribution is 9.12. The summed E-state index contributed by atoms with van der Waals surface area (Å²) in [5.41, 5.74) is 4.27. The zero-order chi connectivity index (χ0) is 16.8. The molecule has 1 heterocycles. The second kappa shape index (κ2) is 5.91. The van der Waals surface area contributed by atoms with Crippen LogP contribution in [-0.2, 0) is 10.2 Å². The van der Waals surface area contributed by atoms with Crippen LogP contribution in [0.3, 0.4) is 0 Å². The van der Waals surface area contributed by atoms with Crippen LogP contribution in [0.25, 0.3) is 0 Å². The number of hydrogen-bond acceptors (Lipinski definition) is 2. The van der Waals surface area contributed by atoms with E-state index in [4.69, 9.17) is 0 Å². The van der Waals surface area contributed by atoms with Crippen molar-refractivity contribution in [2.24, 2.45) is 0 Å². The number of halogens is 2. The summed E-state index contributed by atoms with van der Waals surface area (Å²) in [5.74, 6) is -0.000861. The molecule has 0 unspecified atom stereocenters. The van der Waals surface area contributed by atoms with Gasteiger partial charge in [-0.1, -0.05) is 48.0 Å². The molecule has 0 saturated carbocycles. The van der Waals surface area contributed by atoms with Gasteiger partial charge in [-0.3, -0.25) is 4.79 Å². The zero-order valence-corrected chi connectivity index (χ0v) is 16.4. The molecule has 0 atom stereocenters. The summed E-state index contributed by atoms with van der Waals surface area (Å²) in [6, 6.07) is 8.43. The fraction of sp³-hybridized carbons (Fsp3) is 0.211. The summed E-state index contributed by atoms with van der Waals surface area (Å²) in [4.78, 5) is 14.4. The number of para-hydroxylation sites is 1. The van der Waals surface area contributed by atoms with Gasteiger partial charge in [-0.25, -0.2) is 0 Å². The van der Waals surface area contributed by atoms with E-state index < -0.39 is 0 Å². The van der Waals surface area contributed by atoms with Crippen molar-refractivity contribution in [2.45, 2.75) is 19.3 Å². The molecule has 2 aliphatic rings. The van der Waals surface area contributed by atoms with Gasteiger partial charge in [0.25, 0.3) is 0 Å². The lowest BCUT2D eigenvalue weighted by Gasteiger charge is -2.24. The van der Waals surface area contributed by atoms with Gasteiger partial charge in [0.2, 0.25) is 0 Å². The van der Waals surface area contributed by atoms with Crippen LogP contribution in [-0.4, -0.2) is 12.8 Å². The quantitative estimate of drug-likeness (QED) is 0.554. The SMILES string of the molecule is CN1/C(=C\C=C2\C(=O)C=C(Br)C=C2Br)C(C)(C)c2ccccc21. The maximum absolute atomic E-state index is 12.2. The average molecular weight is 435 g/mol. The van der Waals surface area contributed by atoms with Gasteiger partial charge in [0.15, 0.2) is 5.78 Å². The Bertz CT molecular complexity index is 812. The molecule has 1 aliphatic carbocycles. The molecule has 0 aromatic heterocycles. The molecular weight excluding hydrogens is 418 g/mol. The van der Waals surface area contributed by atoms with Crippen molar-refractivity contribution < 1.29 is 4.79 Å². The van der Waals surface area contributed by atoms with E-state index in [1.807, 2.05) is 12.2 Å². The molecule has 0 fully saturated rings. The number of hydrogen-bond donors (Lipinski definition) is 0. The molecule has 0 bridgehead atoms. The van der Waals surface area contributed by atoms with Gasteiger partial charge < -0.3 is 4.90 Å². The molecule has 118 valence electrons. The topological polar surface area (TPSA) is 20.3 Å². The number of anilines is 1. The van der Waals surface area contributed by atoms with E-state index in [9.17, 15) is 4.79 Å². The van der Waals surface area contributed by atoms with Crippen LogP contribution in [0.2, 0.25) is 0 Å². The predicted molar refractivity (Wildman–Crippen MR) is 103 cm³/mol. The normalized spacial score (nSPS) is 23.2. The van der Waals surface area contributed by atoms with Crippen molar-refractivity contribution in [1.29, 1.82) is 0 Å². The molecule has 1 aliphatic heterocycles. The fourth-order valence-electron chi connectivity index (χ4n) is 3.19. The molecule has 2 nitrogen and oxygen atoms in total. The van der Waals surface area contributed by atoms with Crippen LogP contribution in [0.5, 0.6) is 0 Å². The number of nitrogens with zero attached hydrogens (tertiary/aromatic N) is 1. The molecule has 1 aromatic carbocycles. The first-order chi connectivity index (χ1) is 10.8. The van der Waals surface area contributed by atoms with Gasteiger partial charge >= 0.3 is 0 Å². The highest BCUT2D eigenvalue weighted by Gasteiger charge is 2.37. The zero-order valence-electron chi connectivity index (χ0n) is 13.2. The molecule has 0 amide bonds. The van der Waals surface area contributed by atoms with Gasteiger partial charge in [-0.15, -0.1) is 0 Å². The third-order valence-electron chi connectivity index (χ3n) is 4.40. The van der Waals surface area contributed by atoms with Crippen molar-refractivity contribution in [2.75, 3.05) is 11.9 Å². The van der Waals surface area contributed by atoms with Crippen LogP contribution < -0.4 is 4.90 Å². The van der Waals surface area contributed by atoms with Crippen molar-refractivity contribution in [3.63, 3.8) is 0 Å². The fourth-order valence-corrected chi connectivity index (χ4v) is 4.51. The monoisotopic (exact) mass is 433 g/mol. The molecule has 0 saturated heterocycles. The Kier molecular flexibility index (Phi) is 4.23. The first-order valence-electron chi connectivity index (χ1n) is 7.37. The van der Waals surface area contributed by atoms with Gasteiger partial charge in [-0.2, -0.15) is 0 Å². The van der Waals surface area contributed by atoms with Gasteiger partial charge in [0.1, 0.15) is 0 Å². The Labute approximate surface area is 153 Å². The van der Waals surface area contributed by atoms with Crippen molar-refractivity contribution in [3.05, 3.63) is 74.4 Å². The van der Waals surface area contributed by atoms with Gasteiger partial charge in [0, 0.05) is 44.5 Å². The molecule has 0 N–H and O–H groups in total. The first-order valence-corrected chi connectivity index (χ1v) is 8.96. The molecule has 4 heteroatoms. The van der Waals surface area contributed by atoms with E-state index in [0.717, 1.165) is 8.96 Å². The molecule has 0 spiro atoms. The van der Waals surface area contributed by atoms with Crippen LogP contribution in [0.1, 0.15) is 19.4 Å². The molecule has 1 aromatic rings. The molecule has 0 radical (unpaired) electrons. The highest BCUT2D eigenvalue weighted by Crippen LogP contribution is 2.46. The van der Waals surface area contributed by atoms with Crippen LogP contribution in [0, 0.1) is 0 Å². The van der Waals surface area contributed by atoms with Crippen LogP contribution >= 0.6 is 31.9 Å². The summed E-state index contributed by atoms with van der Waals surface area (Å²) in [6.45, 7) is 4.42. The van der Waals surface area contributed by atoms with Crippen molar-refractivity contribution in [1.82, 2.24) is 0 Å². The third kappa shape index (κ3) is 2.79. The summed E-state index contributed by atoms with van der Waals surface area (Å²) in [7, 11) is 2.07. The van der Waals surface area contributed by atoms with E-state index in [0.29, 0.717) is 5.57 Å². The van der Waals surface area contributed by atoms with Gasteiger partial charge in [-0.05, 0) is 45.8 Å². The minimum atomic E-state index is -0.0905. The number of carbonyl (C=O) groups excluding carboxylic acids is 1. The first kappa shape index (κ1) is 16.5. The lowest BCUT2D eigenvalue weighted by atomic mass is 9.83. The Morgan fingerprint density at radius 3 is 2.43 bits per heavy atom. The second-order valence-electron chi connectivity index (χ2n) is 6.22. The molecule has 23 heavy (non-hydrogen) atoms. The van der Waals surface area contributed by atoms with E-state index in [2.05, 4.69) is 88.0 Å². The average Bonchev–Trinajstić information content (AvgIpc) is 2.67. The number of ketones is 1. The summed E-state index contributed by atoms with van der Waals surface area (Å²) in [6.07, 6.45) is 7.44.